The number of alkyl halides is 3. The highest BCUT2D eigenvalue weighted by atomic mass is 35.5. The van der Waals surface area contributed by atoms with Crippen molar-refractivity contribution in [1.82, 2.24) is 4.90 Å². The van der Waals surface area contributed by atoms with E-state index in [1.165, 1.54) is 31.2 Å². The fourth-order valence-corrected chi connectivity index (χ4v) is 4.12. The number of piperazine rings is 1. The fourth-order valence-electron chi connectivity index (χ4n) is 3.83. The summed E-state index contributed by atoms with van der Waals surface area (Å²) in [6.07, 6.45) is -4.48. The van der Waals surface area contributed by atoms with Crippen LogP contribution in [0.15, 0.2) is 59.0 Å². The number of furan rings is 1. The predicted molar refractivity (Wildman–Crippen MR) is 123 cm³/mol. The van der Waals surface area contributed by atoms with E-state index in [0.717, 1.165) is 12.1 Å². The molecular weight excluding hydrogens is 471 g/mol. The second-order valence-corrected chi connectivity index (χ2v) is 8.23. The average Bonchev–Trinajstić information content (AvgIpc) is 3.29. The monoisotopic (exact) mass is 491 g/mol. The maximum atomic E-state index is 13.0. The van der Waals surface area contributed by atoms with Crippen LogP contribution in [0.4, 0.5) is 24.5 Å². The predicted octanol–water partition coefficient (Wildman–Crippen LogP) is 5.54. The van der Waals surface area contributed by atoms with Crippen molar-refractivity contribution in [2.45, 2.75) is 13.1 Å². The lowest BCUT2D eigenvalue weighted by atomic mass is 10.1. The van der Waals surface area contributed by atoms with Crippen LogP contribution in [0, 0.1) is 0 Å². The Labute approximate surface area is 198 Å². The van der Waals surface area contributed by atoms with Crippen molar-refractivity contribution in [3.05, 3.63) is 70.9 Å². The van der Waals surface area contributed by atoms with E-state index in [-0.39, 0.29) is 23.0 Å². The Morgan fingerprint density at radius 1 is 1.00 bits per heavy atom. The topological polar surface area (TPSA) is 65.8 Å². The van der Waals surface area contributed by atoms with Crippen LogP contribution in [-0.2, 0) is 11.0 Å². The Balaban J connectivity index is 1.53. The van der Waals surface area contributed by atoms with Gasteiger partial charge in [-0.3, -0.25) is 9.59 Å². The van der Waals surface area contributed by atoms with Crippen LogP contribution >= 0.6 is 11.6 Å². The Kier molecular flexibility index (Phi) is 6.56. The van der Waals surface area contributed by atoms with Crippen LogP contribution in [0.1, 0.15) is 23.0 Å². The molecule has 4 rings (SSSR count). The third-order valence-corrected chi connectivity index (χ3v) is 5.89. The lowest BCUT2D eigenvalue weighted by molar-refractivity contribution is -0.137. The molecule has 1 saturated heterocycles. The number of nitrogens with zero attached hydrogens (tertiary/aromatic N) is 2. The molecule has 2 heterocycles. The number of carbonyl (C=O) groups excluding carboxylic acids is 2. The standard InChI is InChI=1S/C24H21ClF3N3O3/c1-15(32)30-10-12-31(13-11-30)22-18(25)6-3-7-19(22)29-23(33)21-9-8-20(34-21)16-4-2-5-17(14-16)24(26,27)28/h2-9,14H,10-13H2,1H3,(H,29,33). The molecule has 0 aliphatic carbocycles. The van der Waals surface area contributed by atoms with E-state index in [0.29, 0.717) is 42.6 Å². The van der Waals surface area contributed by atoms with E-state index < -0.39 is 17.6 Å². The molecule has 3 aromatic rings. The lowest BCUT2D eigenvalue weighted by Crippen LogP contribution is -2.48. The number of amides is 2. The molecule has 1 aromatic heterocycles. The van der Waals surface area contributed by atoms with Gasteiger partial charge in [0.1, 0.15) is 5.76 Å². The van der Waals surface area contributed by atoms with Crippen molar-refractivity contribution >= 4 is 34.8 Å². The first-order chi connectivity index (χ1) is 16.1. The van der Waals surface area contributed by atoms with Crippen LogP contribution in [0.5, 0.6) is 0 Å². The highest BCUT2D eigenvalue weighted by Crippen LogP contribution is 2.36. The van der Waals surface area contributed by atoms with Crippen LogP contribution < -0.4 is 10.2 Å². The molecule has 34 heavy (non-hydrogen) atoms. The summed E-state index contributed by atoms with van der Waals surface area (Å²) in [4.78, 5) is 28.2. The molecule has 1 aliphatic rings. The Morgan fingerprint density at radius 2 is 1.71 bits per heavy atom. The second-order valence-electron chi connectivity index (χ2n) is 7.83. The molecule has 1 N–H and O–H groups in total. The van der Waals surface area contributed by atoms with Crippen molar-refractivity contribution in [2.75, 3.05) is 36.4 Å². The van der Waals surface area contributed by atoms with Gasteiger partial charge in [-0.05, 0) is 36.4 Å². The summed E-state index contributed by atoms with van der Waals surface area (Å²) in [6, 6.07) is 12.7. The zero-order chi connectivity index (χ0) is 24.5. The van der Waals surface area contributed by atoms with Crippen molar-refractivity contribution in [3.8, 4) is 11.3 Å². The molecule has 178 valence electrons. The maximum Gasteiger partial charge on any atom is 0.416 e. The third-order valence-electron chi connectivity index (χ3n) is 5.58. The van der Waals surface area contributed by atoms with E-state index in [4.69, 9.17) is 16.0 Å². The summed E-state index contributed by atoms with van der Waals surface area (Å²) < 4.78 is 44.6. The van der Waals surface area contributed by atoms with Crippen molar-refractivity contribution in [2.24, 2.45) is 0 Å². The summed E-state index contributed by atoms with van der Waals surface area (Å²) in [6.45, 7) is 3.69. The quantitative estimate of drug-likeness (QED) is 0.520. The number of anilines is 2. The van der Waals surface area contributed by atoms with E-state index in [9.17, 15) is 22.8 Å². The van der Waals surface area contributed by atoms with Gasteiger partial charge in [0.25, 0.3) is 5.91 Å². The van der Waals surface area contributed by atoms with E-state index in [2.05, 4.69) is 5.32 Å². The summed E-state index contributed by atoms with van der Waals surface area (Å²) in [5, 5.41) is 3.22. The molecule has 0 saturated carbocycles. The Bertz CT molecular complexity index is 1220. The molecule has 2 aromatic carbocycles. The minimum atomic E-state index is -4.48. The van der Waals surface area contributed by atoms with Gasteiger partial charge in [-0.2, -0.15) is 13.2 Å². The third kappa shape index (κ3) is 5.04. The summed E-state index contributed by atoms with van der Waals surface area (Å²) in [7, 11) is 0. The number of rotatable bonds is 4. The van der Waals surface area contributed by atoms with E-state index >= 15 is 0 Å². The van der Waals surface area contributed by atoms with Gasteiger partial charge in [0.2, 0.25) is 5.91 Å². The molecule has 2 amide bonds. The fraction of sp³-hybridized carbons (Fsp3) is 0.250. The van der Waals surface area contributed by atoms with Crippen LogP contribution in [0.25, 0.3) is 11.3 Å². The van der Waals surface area contributed by atoms with Gasteiger partial charge in [0.05, 0.1) is 22.0 Å². The van der Waals surface area contributed by atoms with Gasteiger partial charge in [0, 0.05) is 38.7 Å². The molecule has 0 bridgehead atoms. The zero-order valence-corrected chi connectivity index (χ0v) is 18.9. The molecule has 0 unspecified atom stereocenters. The smallest absolute Gasteiger partial charge is 0.416 e. The molecule has 0 radical (unpaired) electrons. The molecule has 0 atom stereocenters. The lowest BCUT2D eigenvalue weighted by Gasteiger charge is -2.36. The molecule has 1 aliphatic heterocycles. The summed E-state index contributed by atoms with van der Waals surface area (Å²) in [5.41, 5.74) is 0.498. The van der Waals surface area contributed by atoms with E-state index in [1.54, 1.807) is 23.1 Å². The van der Waals surface area contributed by atoms with Gasteiger partial charge in [-0.1, -0.05) is 29.8 Å². The minimum Gasteiger partial charge on any atom is -0.451 e. The van der Waals surface area contributed by atoms with Crippen molar-refractivity contribution in [3.63, 3.8) is 0 Å². The number of nitrogens with one attached hydrogen (secondary N) is 1. The number of hydrogen-bond donors (Lipinski definition) is 1. The first-order valence-corrected chi connectivity index (χ1v) is 10.9. The van der Waals surface area contributed by atoms with Crippen LogP contribution in [0.3, 0.4) is 0 Å². The highest BCUT2D eigenvalue weighted by molar-refractivity contribution is 6.34. The number of carbonyl (C=O) groups is 2. The molecular formula is C24H21ClF3N3O3. The Morgan fingerprint density at radius 3 is 2.38 bits per heavy atom. The molecule has 10 heteroatoms. The Hall–Kier alpha value is -3.46. The van der Waals surface area contributed by atoms with Gasteiger partial charge >= 0.3 is 6.18 Å². The maximum absolute atomic E-state index is 13.0. The summed E-state index contributed by atoms with van der Waals surface area (Å²) in [5.74, 6) is -0.478. The number of para-hydroxylation sites is 1. The zero-order valence-electron chi connectivity index (χ0n) is 18.2. The minimum absolute atomic E-state index is 0.00160. The number of hydrogen-bond acceptors (Lipinski definition) is 4. The van der Waals surface area contributed by atoms with Gasteiger partial charge < -0.3 is 19.5 Å². The largest absolute Gasteiger partial charge is 0.451 e. The highest BCUT2D eigenvalue weighted by Gasteiger charge is 2.31. The number of halogens is 4. The molecule has 0 spiro atoms. The molecule has 6 nitrogen and oxygen atoms in total. The van der Waals surface area contributed by atoms with Crippen molar-refractivity contribution in [1.29, 1.82) is 0 Å². The van der Waals surface area contributed by atoms with Crippen molar-refractivity contribution < 1.29 is 27.2 Å². The second kappa shape index (κ2) is 9.42. The van der Waals surface area contributed by atoms with Gasteiger partial charge in [0.15, 0.2) is 5.76 Å². The molecule has 1 fully saturated rings. The van der Waals surface area contributed by atoms with Crippen LogP contribution in [-0.4, -0.2) is 42.9 Å². The van der Waals surface area contributed by atoms with E-state index in [1.807, 2.05) is 4.90 Å². The van der Waals surface area contributed by atoms with Gasteiger partial charge in [-0.15, -0.1) is 0 Å². The summed E-state index contributed by atoms with van der Waals surface area (Å²) >= 11 is 6.44. The SMILES string of the molecule is CC(=O)N1CCN(c2c(Cl)cccc2NC(=O)c2ccc(-c3cccc(C(F)(F)F)c3)o2)CC1. The normalized spacial score (nSPS) is 14.3. The average molecular weight is 492 g/mol. The number of benzene rings is 2. The van der Waals surface area contributed by atoms with Gasteiger partial charge in [-0.25, -0.2) is 0 Å². The van der Waals surface area contributed by atoms with Crippen LogP contribution in [0.2, 0.25) is 5.02 Å². The first kappa shape index (κ1) is 23.7. The first-order valence-electron chi connectivity index (χ1n) is 10.5.